The number of carboxylic acids is 1. The number of carbonyl (C=O) groups is 2. The van der Waals surface area contributed by atoms with Crippen molar-refractivity contribution in [1.82, 2.24) is 4.90 Å². The van der Waals surface area contributed by atoms with Crippen molar-refractivity contribution in [2.45, 2.75) is 26.2 Å². The summed E-state index contributed by atoms with van der Waals surface area (Å²) in [5, 5.41) is 16.4. The van der Waals surface area contributed by atoms with Gasteiger partial charge in [0.05, 0.1) is 12.0 Å². The number of hydrogen-bond acceptors (Lipinski definition) is 4. The number of hydrogen-bond donors (Lipinski definition) is 3. The number of nitrogen functional groups attached to an aromatic ring is 1. The van der Waals surface area contributed by atoms with Crippen molar-refractivity contribution >= 4 is 23.4 Å². The van der Waals surface area contributed by atoms with Crippen LogP contribution in [-0.2, 0) is 9.59 Å². The van der Waals surface area contributed by atoms with Crippen molar-refractivity contribution in [2.75, 3.05) is 31.1 Å². The standard InChI is InChI=1S/C18H24N4O3/c1-12-10-13(16(19)20)2-3-14(12)22-9-6-18(17(22)25)4-7-21(8-5-18)11-15(23)24/h2-3,10H,4-9,11H2,1H3,(H3,19,20)(H,23,24). The van der Waals surface area contributed by atoms with E-state index in [1.165, 1.54) is 0 Å². The van der Waals surface area contributed by atoms with E-state index in [0.29, 0.717) is 38.0 Å². The van der Waals surface area contributed by atoms with E-state index in [-0.39, 0.29) is 23.7 Å². The predicted molar refractivity (Wildman–Crippen MR) is 94.9 cm³/mol. The van der Waals surface area contributed by atoms with E-state index in [4.69, 9.17) is 16.2 Å². The average molecular weight is 344 g/mol. The van der Waals surface area contributed by atoms with Gasteiger partial charge in [-0.1, -0.05) is 0 Å². The first-order valence-electron chi connectivity index (χ1n) is 8.53. The van der Waals surface area contributed by atoms with E-state index < -0.39 is 5.97 Å². The molecule has 7 nitrogen and oxygen atoms in total. The lowest BCUT2D eigenvalue weighted by atomic mass is 9.77. The summed E-state index contributed by atoms with van der Waals surface area (Å²) < 4.78 is 0. The molecule has 1 aromatic carbocycles. The Bertz CT molecular complexity index is 723. The molecule has 2 aliphatic heterocycles. The molecule has 2 saturated heterocycles. The van der Waals surface area contributed by atoms with Gasteiger partial charge in [0.25, 0.3) is 0 Å². The van der Waals surface area contributed by atoms with Crippen molar-refractivity contribution in [3.63, 3.8) is 0 Å². The van der Waals surface area contributed by atoms with Crippen LogP contribution in [0.15, 0.2) is 18.2 Å². The van der Waals surface area contributed by atoms with E-state index in [1.54, 1.807) is 6.07 Å². The van der Waals surface area contributed by atoms with Gasteiger partial charge in [-0.15, -0.1) is 0 Å². The zero-order valence-electron chi connectivity index (χ0n) is 14.4. The fourth-order valence-corrected chi connectivity index (χ4v) is 3.97. The Morgan fingerprint density at radius 1 is 1.28 bits per heavy atom. The maximum absolute atomic E-state index is 13.1. The van der Waals surface area contributed by atoms with E-state index in [2.05, 4.69) is 0 Å². The second-order valence-corrected chi connectivity index (χ2v) is 7.07. The number of nitrogens with one attached hydrogen (secondary N) is 1. The lowest BCUT2D eigenvalue weighted by Gasteiger charge is -2.37. The molecular weight excluding hydrogens is 320 g/mol. The van der Waals surface area contributed by atoms with Crippen molar-refractivity contribution in [2.24, 2.45) is 11.1 Å². The maximum atomic E-state index is 13.1. The number of anilines is 1. The Labute approximate surface area is 146 Å². The van der Waals surface area contributed by atoms with Gasteiger partial charge in [-0.2, -0.15) is 0 Å². The highest BCUT2D eigenvalue weighted by Crippen LogP contribution is 2.43. The Balaban J connectivity index is 1.74. The predicted octanol–water partition coefficient (Wildman–Crippen LogP) is 1.18. The number of nitrogens with zero attached hydrogens (tertiary/aromatic N) is 2. The summed E-state index contributed by atoms with van der Waals surface area (Å²) in [5.74, 6) is -0.665. The van der Waals surface area contributed by atoms with Crippen LogP contribution in [0.2, 0.25) is 0 Å². The molecule has 7 heteroatoms. The number of carbonyl (C=O) groups excluding carboxylic acids is 1. The van der Waals surface area contributed by atoms with Gasteiger partial charge in [0.2, 0.25) is 5.91 Å². The molecule has 0 atom stereocenters. The highest BCUT2D eigenvalue weighted by Gasteiger charge is 2.48. The summed E-state index contributed by atoms with van der Waals surface area (Å²) in [7, 11) is 0. The smallest absolute Gasteiger partial charge is 0.317 e. The number of aliphatic carboxylic acids is 1. The fourth-order valence-electron chi connectivity index (χ4n) is 3.97. The maximum Gasteiger partial charge on any atom is 0.317 e. The minimum absolute atomic E-state index is 0.0182. The van der Waals surface area contributed by atoms with Gasteiger partial charge >= 0.3 is 5.97 Å². The fraction of sp³-hybridized carbons (Fsp3) is 0.500. The molecule has 1 aromatic rings. The number of amides is 1. The van der Waals surface area contributed by atoms with Gasteiger partial charge < -0.3 is 15.7 Å². The van der Waals surface area contributed by atoms with Crippen molar-refractivity contribution in [3.8, 4) is 0 Å². The van der Waals surface area contributed by atoms with Gasteiger partial charge in [0.1, 0.15) is 5.84 Å². The quantitative estimate of drug-likeness (QED) is 0.561. The summed E-state index contributed by atoms with van der Waals surface area (Å²) >= 11 is 0. The van der Waals surface area contributed by atoms with Crippen LogP contribution < -0.4 is 10.6 Å². The molecular formula is C18H24N4O3. The number of rotatable bonds is 4. The van der Waals surface area contributed by atoms with Crippen LogP contribution in [0.3, 0.4) is 0 Å². The average Bonchev–Trinajstić information content (AvgIpc) is 2.86. The summed E-state index contributed by atoms with van der Waals surface area (Å²) in [6.07, 6.45) is 2.22. The molecule has 0 unspecified atom stereocenters. The summed E-state index contributed by atoms with van der Waals surface area (Å²) in [6.45, 7) is 3.94. The minimum Gasteiger partial charge on any atom is -0.480 e. The Kier molecular flexibility index (Phi) is 4.51. The van der Waals surface area contributed by atoms with Crippen LogP contribution in [0.5, 0.6) is 0 Å². The van der Waals surface area contributed by atoms with Gasteiger partial charge in [-0.25, -0.2) is 0 Å². The number of nitrogens with two attached hydrogens (primary N) is 1. The molecule has 0 aliphatic carbocycles. The van der Waals surface area contributed by atoms with Crippen molar-refractivity contribution < 1.29 is 14.7 Å². The largest absolute Gasteiger partial charge is 0.480 e. The molecule has 1 amide bonds. The van der Waals surface area contributed by atoms with E-state index in [0.717, 1.165) is 17.7 Å². The Morgan fingerprint density at radius 3 is 2.48 bits per heavy atom. The second kappa shape index (κ2) is 6.48. The molecule has 0 bridgehead atoms. The third-order valence-electron chi connectivity index (χ3n) is 5.48. The first kappa shape index (κ1) is 17.4. The van der Waals surface area contributed by atoms with Crippen LogP contribution >= 0.6 is 0 Å². The molecule has 134 valence electrons. The molecule has 0 aromatic heterocycles. The summed E-state index contributed by atoms with van der Waals surface area (Å²) in [4.78, 5) is 27.7. The van der Waals surface area contributed by atoms with Gasteiger partial charge in [0, 0.05) is 17.8 Å². The molecule has 0 radical (unpaired) electrons. The van der Waals surface area contributed by atoms with Crippen molar-refractivity contribution in [1.29, 1.82) is 5.41 Å². The zero-order valence-corrected chi connectivity index (χ0v) is 14.4. The lowest BCUT2D eigenvalue weighted by molar-refractivity contribution is -0.139. The summed E-state index contributed by atoms with van der Waals surface area (Å²) in [5.41, 5.74) is 7.63. The third kappa shape index (κ3) is 3.24. The lowest BCUT2D eigenvalue weighted by Crippen LogP contribution is -2.46. The van der Waals surface area contributed by atoms with Crippen LogP contribution in [0.4, 0.5) is 5.69 Å². The highest BCUT2D eigenvalue weighted by atomic mass is 16.4. The number of benzene rings is 1. The Morgan fingerprint density at radius 2 is 1.92 bits per heavy atom. The number of aryl methyl sites for hydroxylation is 1. The second-order valence-electron chi connectivity index (χ2n) is 7.07. The molecule has 4 N–H and O–H groups in total. The molecule has 3 rings (SSSR count). The minimum atomic E-state index is -0.823. The van der Waals surface area contributed by atoms with E-state index in [9.17, 15) is 9.59 Å². The van der Waals surface area contributed by atoms with Crippen LogP contribution in [0, 0.1) is 17.7 Å². The van der Waals surface area contributed by atoms with Crippen molar-refractivity contribution in [3.05, 3.63) is 29.3 Å². The number of likely N-dealkylation sites (tertiary alicyclic amines) is 1. The number of amidine groups is 1. The normalized spacial score (nSPS) is 20.2. The first-order chi connectivity index (χ1) is 11.8. The van der Waals surface area contributed by atoms with Gasteiger partial charge in [0.15, 0.2) is 0 Å². The molecule has 2 aliphatic rings. The zero-order chi connectivity index (χ0) is 18.2. The van der Waals surface area contributed by atoms with Crippen LogP contribution in [0.25, 0.3) is 0 Å². The summed E-state index contributed by atoms with van der Waals surface area (Å²) in [6, 6.07) is 5.48. The monoisotopic (exact) mass is 344 g/mol. The SMILES string of the molecule is Cc1cc(C(=N)N)ccc1N1CCC2(CCN(CC(=O)O)CC2)C1=O. The molecule has 2 heterocycles. The van der Waals surface area contributed by atoms with E-state index >= 15 is 0 Å². The highest BCUT2D eigenvalue weighted by molar-refractivity contribution is 6.01. The topological polar surface area (TPSA) is 111 Å². The van der Waals surface area contributed by atoms with Gasteiger partial charge in [-0.3, -0.25) is 19.9 Å². The number of piperidine rings is 1. The molecule has 0 saturated carbocycles. The molecule has 2 fully saturated rings. The number of carboxylic acid groups (broad SMARTS) is 1. The first-order valence-corrected chi connectivity index (χ1v) is 8.53. The van der Waals surface area contributed by atoms with E-state index in [1.807, 2.05) is 28.9 Å². The van der Waals surface area contributed by atoms with Crippen LogP contribution in [-0.4, -0.2) is 53.9 Å². The van der Waals surface area contributed by atoms with Crippen LogP contribution in [0.1, 0.15) is 30.4 Å². The third-order valence-corrected chi connectivity index (χ3v) is 5.48. The molecule has 1 spiro atoms. The van der Waals surface area contributed by atoms with Gasteiger partial charge in [-0.05, 0) is 63.0 Å². The molecule has 25 heavy (non-hydrogen) atoms. The Hall–Kier alpha value is -2.41.